The van der Waals surface area contributed by atoms with E-state index in [-0.39, 0.29) is 11.3 Å². The molecule has 0 fully saturated rings. The molecule has 0 amide bonds. The van der Waals surface area contributed by atoms with E-state index in [1.807, 2.05) is 41.9 Å². The molecule has 0 bridgehead atoms. The van der Waals surface area contributed by atoms with Crippen molar-refractivity contribution in [2.45, 2.75) is 6.54 Å². The summed E-state index contributed by atoms with van der Waals surface area (Å²) in [6, 6.07) is 13.2. The quantitative estimate of drug-likeness (QED) is 0.565. The lowest BCUT2D eigenvalue weighted by Crippen LogP contribution is -2.34. The van der Waals surface area contributed by atoms with Gasteiger partial charge in [-0.2, -0.15) is 4.57 Å². The van der Waals surface area contributed by atoms with Gasteiger partial charge in [0.25, 0.3) is 5.56 Å². The fraction of sp³-hybridized carbons (Fsp3) is 0.0556. The van der Waals surface area contributed by atoms with E-state index in [1.54, 1.807) is 22.9 Å². The van der Waals surface area contributed by atoms with Crippen LogP contribution in [0.15, 0.2) is 65.0 Å². The van der Waals surface area contributed by atoms with E-state index < -0.39 is 0 Å². The minimum absolute atomic E-state index is 0.143. The second-order valence-electron chi connectivity index (χ2n) is 5.44. The molecule has 4 aromatic rings. The zero-order valence-corrected chi connectivity index (χ0v) is 13.5. The molecule has 4 rings (SSSR count). The zero-order chi connectivity index (χ0) is 16.5. The fourth-order valence-electron chi connectivity index (χ4n) is 2.68. The highest BCUT2D eigenvalue weighted by Gasteiger charge is 2.14. The van der Waals surface area contributed by atoms with Gasteiger partial charge in [0.2, 0.25) is 12.7 Å². The van der Waals surface area contributed by atoms with Crippen molar-refractivity contribution in [2.24, 2.45) is 0 Å². The largest absolute Gasteiger partial charge is 0.503 e. The zero-order valence-electron chi connectivity index (χ0n) is 12.6. The summed E-state index contributed by atoms with van der Waals surface area (Å²) >= 11 is 1.46. The smallest absolute Gasteiger partial charge is 0.260 e. The van der Waals surface area contributed by atoms with Crippen molar-refractivity contribution in [3.63, 3.8) is 0 Å². The number of fused-ring (bicyclic) bond motifs is 1. The molecule has 0 aliphatic carbocycles. The predicted molar refractivity (Wildman–Crippen MR) is 93.1 cm³/mol. The van der Waals surface area contributed by atoms with Crippen molar-refractivity contribution < 1.29 is 9.67 Å². The maximum Gasteiger partial charge on any atom is 0.260 e. The maximum atomic E-state index is 12.6. The number of aromatic hydroxyl groups is 1. The van der Waals surface area contributed by atoms with Crippen LogP contribution in [0.3, 0.4) is 0 Å². The number of hydrogen-bond acceptors (Lipinski definition) is 4. The lowest BCUT2D eigenvalue weighted by Gasteiger charge is -2.01. The third-order valence-corrected chi connectivity index (χ3v) is 4.62. The van der Waals surface area contributed by atoms with Gasteiger partial charge in [-0.05, 0) is 11.6 Å². The number of benzene rings is 1. The average molecular weight is 336 g/mol. The number of rotatable bonds is 3. The van der Waals surface area contributed by atoms with E-state index in [2.05, 4.69) is 9.97 Å². The first-order chi connectivity index (χ1) is 11.7. The third-order valence-electron chi connectivity index (χ3n) is 3.75. The Morgan fingerprint density at radius 3 is 2.79 bits per heavy atom. The highest BCUT2D eigenvalue weighted by Crippen LogP contribution is 2.30. The molecule has 3 heterocycles. The minimum atomic E-state index is -0.143. The summed E-state index contributed by atoms with van der Waals surface area (Å²) in [4.78, 5) is 20.7. The van der Waals surface area contributed by atoms with Crippen LogP contribution in [0.2, 0.25) is 0 Å². The van der Waals surface area contributed by atoms with Crippen LogP contribution >= 0.6 is 11.3 Å². The Morgan fingerprint density at radius 1 is 1.17 bits per heavy atom. The molecule has 118 valence electrons. The number of hydrogen-bond donors (Lipinski definition) is 2. The van der Waals surface area contributed by atoms with Crippen molar-refractivity contribution in [1.82, 2.24) is 9.97 Å². The van der Waals surface area contributed by atoms with E-state index in [4.69, 9.17) is 0 Å². The van der Waals surface area contributed by atoms with Gasteiger partial charge in [-0.1, -0.05) is 30.3 Å². The maximum absolute atomic E-state index is 12.6. The van der Waals surface area contributed by atoms with Crippen molar-refractivity contribution >= 4 is 21.6 Å². The van der Waals surface area contributed by atoms with E-state index >= 15 is 0 Å². The van der Waals surface area contributed by atoms with Crippen molar-refractivity contribution in [3.05, 3.63) is 76.4 Å². The van der Waals surface area contributed by atoms with Crippen LogP contribution in [0.1, 0.15) is 5.82 Å². The molecule has 24 heavy (non-hydrogen) atoms. The number of aromatic amines is 1. The van der Waals surface area contributed by atoms with Gasteiger partial charge >= 0.3 is 0 Å². The van der Waals surface area contributed by atoms with E-state index in [0.717, 1.165) is 11.1 Å². The lowest BCUT2D eigenvalue weighted by molar-refractivity contribution is -0.689. The highest BCUT2D eigenvalue weighted by molar-refractivity contribution is 7.17. The van der Waals surface area contributed by atoms with Crippen LogP contribution in [0.25, 0.3) is 21.3 Å². The summed E-state index contributed by atoms with van der Waals surface area (Å²) in [6.45, 7) is 0.387. The molecule has 0 radical (unpaired) electrons. The number of nitrogens with zero attached hydrogens (tertiary/aromatic N) is 2. The number of H-pyrrole nitrogens is 1. The molecular weight excluding hydrogens is 322 g/mol. The normalized spacial score (nSPS) is 11.0. The number of thiophene rings is 1. The molecule has 6 heteroatoms. The minimum Gasteiger partial charge on any atom is -0.503 e. The van der Waals surface area contributed by atoms with E-state index in [1.165, 1.54) is 11.3 Å². The second kappa shape index (κ2) is 5.90. The Morgan fingerprint density at radius 2 is 2.00 bits per heavy atom. The molecule has 3 aromatic heterocycles. The summed E-state index contributed by atoms with van der Waals surface area (Å²) in [6.07, 6.45) is 3.40. The second-order valence-corrected chi connectivity index (χ2v) is 6.30. The summed E-state index contributed by atoms with van der Waals surface area (Å²) in [7, 11) is 0. The summed E-state index contributed by atoms with van der Waals surface area (Å²) < 4.78 is 1.77. The predicted octanol–water partition coefficient (Wildman–Crippen LogP) is 2.69. The Bertz CT molecular complexity index is 1070. The Balaban J connectivity index is 1.78. The van der Waals surface area contributed by atoms with Gasteiger partial charge in [0, 0.05) is 17.0 Å². The van der Waals surface area contributed by atoms with Gasteiger partial charge in [-0.15, -0.1) is 11.3 Å². The van der Waals surface area contributed by atoms with Gasteiger partial charge in [-0.25, -0.2) is 4.98 Å². The van der Waals surface area contributed by atoms with Gasteiger partial charge in [-0.3, -0.25) is 4.79 Å². The van der Waals surface area contributed by atoms with Crippen molar-refractivity contribution in [2.75, 3.05) is 0 Å². The summed E-state index contributed by atoms with van der Waals surface area (Å²) in [5.74, 6) is 0.730. The first-order valence-electron chi connectivity index (χ1n) is 7.44. The molecule has 2 N–H and O–H groups in total. The monoisotopic (exact) mass is 336 g/mol. The molecule has 5 nitrogen and oxygen atoms in total. The first-order valence-corrected chi connectivity index (χ1v) is 8.32. The van der Waals surface area contributed by atoms with Gasteiger partial charge < -0.3 is 10.1 Å². The number of nitrogens with one attached hydrogen (secondary N) is 1. The molecular formula is C18H14N3O2S+. The Labute approximate surface area is 141 Å². The third kappa shape index (κ3) is 2.68. The summed E-state index contributed by atoms with van der Waals surface area (Å²) in [5, 5.41) is 12.1. The number of aromatic nitrogens is 3. The van der Waals surface area contributed by atoms with E-state index in [9.17, 15) is 9.90 Å². The Hall–Kier alpha value is -2.99. The number of pyridine rings is 1. The van der Waals surface area contributed by atoms with Crippen LogP contribution in [0.5, 0.6) is 5.75 Å². The van der Waals surface area contributed by atoms with Gasteiger partial charge in [0.05, 0.1) is 5.39 Å². The van der Waals surface area contributed by atoms with Crippen molar-refractivity contribution in [1.29, 1.82) is 0 Å². The van der Waals surface area contributed by atoms with Crippen LogP contribution in [0, 0.1) is 0 Å². The fourth-order valence-corrected chi connectivity index (χ4v) is 3.64. The molecule has 0 aliphatic heterocycles. The molecule has 0 unspecified atom stereocenters. The average Bonchev–Trinajstić information content (AvgIpc) is 3.00. The highest BCUT2D eigenvalue weighted by atomic mass is 32.1. The van der Waals surface area contributed by atoms with Crippen LogP contribution < -0.4 is 10.1 Å². The van der Waals surface area contributed by atoms with Crippen LogP contribution in [0.4, 0.5) is 0 Å². The molecule has 0 spiro atoms. The van der Waals surface area contributed by atoms with Crippen LogP contribution in [-0.4, -0.2) is 15.1 Å². The topological polar surface area (TPSA) is 69.9 Å². The van der Waals surface area contributed by atoms with Crippen molar-refractivity contribution in [3.8, 4) is 16.9 Å². The lowest BCUT2D eigenvalue weighted by atomic mass is 10.1. The molecule has 0 atom stereocenters. The van der Waals surface area contributed by atoms with Gasteiger partial charge in [0.15, 0.2) is 17.8 Å². The SMILES string of the molecule is O=c1[nH]c(C[n+]2cccc(O)c2)nc2scc(-c3ccccc3)c12. The molecule has 0 aliphatic rings. The first kappa shape index (κ1) is 14.6. The van der Waals surface area contributed by atoms with E-state index in [0.29, 0.717) is 22.6 Å². The molecule has 0 saturated carbocycles. The van der Waals surface area contributed by atoms with Crippen LogP contribution in [-0.2, 0) is 6.54 Å². The van der Waals surface area contributed by atoms with Gasteiger partial charge in [0.1, 0.15) is 4.83 Å². The molecule has 1 aromatic carbocycles. The Kier molecular flexibility index (Phi) is 3.59. The summed E-state index contributed by atoms with van der Waals surface area (Å²) in [5.41, 5.74) is 1.77. The standard InChI is InChI=1S/C18H13N3O2S/c22-13-7-4-8-21(9-13)10-15-19-17(23)16-14(11-24-18(16)20-15)12-5-2-1-3-6-12/h1-9,11H,10H2,(H-,19,20,22,23)/p+1. The molecule has 0 saturated heterocycles.